The SMILES string of the molecule is CC(=O)OC[C@H](COP(=O)(O)O[C@@H]1[C@@H](O)[C@H](O)[C@@H](O)C[C@@H]1O)OC(C)=O. The number of hydrogen-bond donors (Lipinski definition) is 5. The van der Waals surface area contributed by atoms with Gasteiger partial charge in [0.15, 0.2) is 6.10 Å². The summed E-state index contributed by atoms with van der Waals surface area (Å²) in [6, 6.07) is 0. The van der Waals surface area contributed by atoms with Crippen molar-refractivity contribution in [1.82, 2.24) is 0 Å². The molecule has 0 bridgehead atoms. The fourth-order valence-corrected chi connectivity index (χ4v) is 3.21. The van der Waals surface area contributed by atoms with Gasteiger partial charge in [0.2, 0.25) is 0 Å². The van der Waals surface area contributed by atoms with E-state index in [4.69, 9.17) is 4.74 Å². The molecule has 152 valence electrons. The van der Waals surface area contributed by atoms with E-state index < -0.39 is 76.0 Å². The lowest BCUT2D eigenvalue weighted by Crippen LogP contribution is -2.56. The topological polar surface area (TPSA) is 189 Å². The predicted molar refractivity (Wildman–Crippen MR) is 81.5 cm³/mol. The Bertz CT molecular complexity index is 539. The molecule has 0 aromatic carbocycles. The number of rotatable bonds is 8. The van der Waals surface area contributed by atoms with Crippen molar-refractivity contribution in [2.24, 2.45) is 0 Å². The molecule has 26 heavy (non-hydrogen) atoms. The maximum atomic E-state index is 12.0. The highest BCUT2D eigenvalue weighted by Crippen LogP contribution is 2.47. The van der Waals surface area contributed by atoms with Gasteiger partial charge < -0.3 is 34.8 Å². The summed E-state index contributed by atoms with van der Waals surface area (Å²) in [4.78, 5) is 31.5. The van der Waals surface area contributed by atoms with E-state index in [1.54, 1.807) is 0 Å². The van der Waals surface area contributed by atoms with Crippen molar-refractivity contribution >= 4 is 19.8 Å². The second-order valence-electron chi connectivity index (χ2n) is 5.72. The van der Waals surface area contributed by atoms with Crippen molar-refractivity contribution in [2.75, 3.05) is 13.2 Å². The van der Waals surface area contributed by atoms with Gasteiger partial charge in [0.1, 0.15) is 24.9 Å². The van der Waals surface area contributed by atoms with Gasteiger partial charge in [-0.2, -0.15) is 0 Å². The minimum Gasteiger partial charge on any atom is -0.462 e. The summed E-state index contributed by atoms with van der Waals surface area (Å²) >= 11 is 0. The number of hydrogen-bond acceptors (Lipinski definition) is 11. The van der Waals surface area contributed by atoms with Gasteiger partial charge in [-0.25, -0.2) is 4.57 Å². The molecule has 13 heteroatoms. The van der Waals surface area contributed by atoms with Gasteiger partial charge in [-0.3, -0.25) is 18.6 Å². The average Bonchev–Trinajstić information content (AvgIpc) is 2.51. The van der Waals surface area contributed by atoms with Gasteiger partial charge in [0.25, 0.3) is 0 Å². The summed E-state index contributed by atoms with van der Waals surface area (Å²) in [5.41, 5.74) is 0. The standard InChI is InChI=1S/C13H23O12P/c1-6(14)22-4-8(24-7(2)15)5-23-26(20,21)25-13-10(17)3-9(16)11(18)12(13)19/h8-13,16-19H,3-5H2,1-2H3,(H,20,21)/t8-,9+,10+,11-,12+,13+/m1/s1. The van der Waals surface area contributed by atoms with Gasteiger partial charge in [0.05, 0.1) is 18.8 Å². The summed E-state index contributed by atoms with van der Waals surface area (Å²) in [6.07, 6.45) is -9.82. The molecular formula is C13H23O12P. The molecule has 1 saturated carbocycles. The van der Waals surface area contributed by atoms with Crippen LogP contribution in [0.3, 0.4) is 0 Å². The Balaban J connectivity index is 2.66. The molecule has 12 nitrogen and oxygen atoms in total. The predicted octanol–water partition coefficient (Wildman–Crippen LogP) is -2.17. The van der Waals surface area contributed by atoms with E-state index in [0.29, 0.717) is 0 Å². The highest BCUT2D eigenvalue weighted by atomic mass is 31.2. The van der Waals surface area contributed by atoms with Crippen LogP contribution in [-0.4, -0.2) is 87.1 Å². The lowest BCUT2D eigenvalue weighted by molar-refractivity contribution is -0.174. The average molecular weight is 402 g/mol. The third-order valence-corrected chi connectivity index (χ3v) is 4.41. The number of carbonyl (C=O) groups excluding carboxylic acids is 2. The Morgan fingerprint density at radius 2 is 1.65 bits per heavy atom. The highest BCUT2D eigenvalue weighted by molar-refractivity contribution is 7.47. The van der Waals surface area contributed by atoms with Crippen molar-refractivity contribution in [2.45, 2.75) is 56.9 Å². The first-order valence-corrected chi connectivity index (χ1v) is 9.11. The van der Waals surface area contributed by atoms with E-state index in [1.807, 2.05) is 0 Å². The molecule has 0 saturated heterocycles. The first kappa shape index (κ1) is 22.9. The number of ether oxygens (including phenoxy) is 2. The quantitative estimate of drug-likeness (QED) is 0.218. The third-order valence-electron chi connectivity index (χ3n) is 3.43. The molecule has 0 spiro atoms. The molecule has 1 unspecified atom stereocenters. The molecule has 0 aromatic heterocycles. The maximum Gasteiger partial charge on any atom is 0.472 e. The molecule has 0 heterocycles. The second-order valence-corrected chi connectivity index (χ2v) is 7.13. The lowest BCUT2D eigenvalue weighted by Gasteiger charge is -2.38. The largest absolute Gasteiger partial charge is 0.472 e. The van der Waals surface area contributed by atoms with Gasteiger partial charge in [-0.15, -0.1) is 0 Å². The maximum absolute atomic E-state index is 12.0. The number of phosphoric acid groups is 1. The Morgan fingerprint density at radius 3 is 2.19 bits per heavy atom. The van der Waals surface area contributed by atoms with E-state index in [9.17, 15) is 39.5 Å². The number of carbonyl (C=O) groups is 2. The molecule has 0 radical (unpaired) electrons. The summed E-state index contributed by atoms with van der Waals surface area (Å²) in [5.74, 6) is -1.43. The first-order chi connectivity index (χ1) is 11.9. The molecule has 5 N–H and O–H groups in total. The number of aliphatic hydroxyl groups excluding tert-OH is 4. The molecule has 7 atom stereocenters. The summed E-state index contributed by atoms with van der Waals surface area (Å²) in [7, 11) is -4.87. The van der Waals surface area contributed by atoms with Crippen molar-refractivity contribution < 1.29 is 58.0 Å². The van der Waals surface area contributed by atoms with Crippen LogP contribution in [0.25, 0.3) is 0 Å². The smallest absolute Gasteiger partial charge is 0.462 e. The van der Waals surface area contributed by atoms with Crippen LogP contribution >= 0.6 is 7.82 Å². The first-order valence-electron chi connectivity index (χ1n) is 7.61. The summed E-state index contributed by atoms with van der Waals surface area (Å²) in [5, 5.41) is 38.5. The Labute approximate surface area is 148 Å². The molecule has 1 aliphatic rings. The summed E-state index contributed by atoms with van der Waals surface area (Å²) < 4.78 is 30.7. The normalized spacial score (nSPS) is 32.3. The van der Waals surface area contributed by atoms with Crippen LogP contribution in [0.4, 0.5) is 0 Å². The molecule has 0 aliphatic heterocycles. The zero-order chi connectivity index (χ0) is 20.1. The number of esters is 2. The van der Waals surface area contributed by atoms with Crippen LogP contribution in [0.2, 0.25) is 0 Å². The van der Waals surface area contributed by atoms with E-state index in [1.165, 1.54) is 0 Å². The van der Waals surface area contributed by atoms with Crippen LogP contribution in [-0.2, 0) is 32.7 Å². The van der Waals surface area contributed by atoms with Crippen molar-refractivity contribution in [1.29, 1.82) is 0 Å². The Kier molecular flexibility index (Phi) is 8.57. The van der Waals surface area contributed by atoms with Crippen molar-refractivity contribution in [3.05, 3.63) is 0 Å². The molecule has 1 rings (SSSR count). The molecular weight excluding hydrogens is 379 g/mol. The van der Waals surface area contributed by atoms with E-state index in [2.05, 4.69) is 13.8 Å². The zero-order valence-electron chi connectivity index (χ0n) is 14.1. The summed E-state index contributed by atoms with van der Waals surface area (Å²) in [6.45, 7) is 1.05. The van der Waals surface area contributed by atoms with Crippen LogP contribution in [0, 0.1) is 0 Å². The highest BCUT2D eigenvalue weighted by Gasteiger charge is 2.46. The Hall–Kier alpha value is -1.11. The monoisotopic (exact) mass is 402 g/mol. The number of phosphoric ester groups is 1. The fraction of sp³-hybridized carbons (Fsp3) is 0.846. The van der Waals surface area contributed by atoms with E-state index >= 15 is 0 Å². The molecule has 1 aliphatic carbocycles. The number of aliphatic hydroxyl groups is 4. The third kappa shape index (κ3) is 7.25. The molecule has 0 amide bonds. The zero-order valence-corrected chi connectivity index (χ0v) is 15.0. The second kappa shape index (κ2) is 9.72. The van der Waals surface area contributed by atoms with Crippen LogP contribution in [0.15, 0.2) is 0 Å². The van der Waals surface area contributed by atoms with Crippen LogP contribution in [0.1, 0.15) is 20.3 Å². The van der Waals surface area contributed by atoms with Crippen molar-refractivity contribution in [3.63, 3.8) is 0 Å². The lowest BCUT2D eigenvalue weighted by atomic mass is 9.87. The van der Waals surface area contributed by atoms with Crippen molar-refractivity contribution in [3.8, 4) is 0 Å². The van der Waals surface area contributed by atoms with Gasteiger partial charge >= 0.3 is 19.8 Å². The molecule has 1 fully saturated rings. The van der Waals surface area contributed by atoms with Crippen LogP contribution < -0.4 is 0 Å². The van der Waals surface area contributed by atoms with Gasteiger partial charge in [-0.1, -0.05) is 0 Å². The Morgan fingerprint density at radius 1 is 1.04 bits per heavy atom. The fourth-order valence-electron chi connectivity index (χ4n) is 2.23. The minimum absolute atomic E-state index is 0.397. The van der Waals surface area contributed by atoms with Gasteiger partial charge in [0, 0.05) is 20.3 Å². The van der Waals surface area contributed by atoms with Crippen LogP contribution in [0.5, 0.6) is 0 Å². The van der Waals surface area contributed by atoms with Gasteiger partial charge in [-0.05, 0) is 0 Å². The minimum atomic E-state index is -4.87. The van der Waals surface area contributed by atoms with E-state index in [0.717, 1.165) is 13.8 Å². The molecule has 0 aromatic rings. The van der Waals surface area contributed by atoms with E-state index in [-0.39, 0.29) is 0 Å².